The van der Waals surface area contributed by atoms with E-state index in [0.717, 1.165) is 19.1 Å². The topological polar surface area (TPSA) is 17.1 Å². The molecule has 0 bridgehead atoms. The number of allylic oxidation sites excluding steroid dienone is 6. The second-order valence-corrected chi connectivity index (χ2v) is 3.78. The molecule has 0 unspecified atom stereocenters. The smallest absolute Gasteiger partial charge is 0.123 e. The Labute approximate surface area is 99.9 Å². The van der Waals surface area contributed by atoms with E-state index in [2.05, 4.69) is 31.2 Å². The van der Waals surface area contributed by atoms with Crippen LogP contribution in [0, 0.1) is 0 Å². The Kier molecular flexibility index (Phi) is 12.9. The molecule has 90 valence electrons. The number of hydrogen-bond donors (Lipinski definition) is 0. The summed E-state index contributed by atoms with van der Waals surface area (Å²) < 4.78 is 0. The van der Waals surface area contributed by atoms with E-state index in [4.69, 9.17) is 0 Å². The molecule has 1 heteroatoms. The van der Waals surface area contributed by atoms with Gasteiger partial charge in [-0.1, -0.05) is 56.2 Å². The summed E-state index contributed by atoms with van der Waals surface area (Å²) in [6.07, 6.45) is 21.3. The number of hydrogen-bond acceptors (Lipinski definition) is 1. The fraction of sp³-hybridized carbons (Fsp3) is 0.533. The van der Waals surface area contributed by atoms with E-state index in [0.29, 0.717) is 6.42 Å². The van der Waals surface area contributed by atoms with Gasteiger partial charge in [0.25, 0.3) is 0 Å². The van der Waals surface area contributed by atoms with Crippen molar-refractivity contribution in [1.29, 1.82) is 0 Å². The van der Waals surface area contributed by atoms with Crippen molar-refractivity contribution in [2.75, 3.05) is 0 Å². The Morgan fingerprint density at radius 2 is 1.31 bits per heavy atom. The van der Waals surface area contributed by atoms with Crippen LogP contribution < -0.4 is 0 Å². The van der Waals surface area contributed by atoms with Crippen LogP contribution >= 0.6 is 0 Å². The third-order valence-corrected chi connectivity index (χ3v) is 2.25. The van der Waals surface area contributed by atoms with E-state index < -0.39 is 0 Å². The van der Waals surface area contributed by atoms with Crippen LogP contribution in [-0.2, 0) is 4.79 Å². The van der Waals surface area contributed by atoms with Crippen molar-refractivity contribution >= 4 is 6.29 Å². The molecule has 0 rings (SSSR count). The largest absolute Gasteiger partial charge is 0.303 e. The van der Waals surface area contributed by atoms with Gasteiger partial charge < -0.3 is 4.79 Å². The standard InChI is InChI=1S/C15H24O/c1-2-3-4-5-6-7-8-9-10-11-12-13-14-15-16/h6-7,9-10,12-13,15H,2-5,8,11,14H2,1H3/b7-6-,10-9-,13-12-. The van der Waals surface area contributed by atoms with Crippen molar-refractivity contribution in [3.05, 3.63) is 36.5 Å². The zero-order valence-corrected chi connectivity index (χ0v) is 10.4. The molecule has 0 aliphatic heterocycles. The van der Waals surface area contributed by atoms with E-state index >= 15 is 0 Å². The summed E-state index contributed by atoms with van der Waals surface area (Å²) in [5.74, 6) is 0. The Hall–Kier alpha value is -1.11. The molecule has 0 N–H and O–H groups in total. The van der Waals surface area contributed by atoms with Gasteiger partial charge in [-0.05, 0) is 25.7 Å². The molecule has 0 heterocycles. The maximum atomic E-state index is 10.0. The Balaban J connectivity index is 3.29. The van der Waals surface area contributed by atoms with Crippen LogP contribution in [0.5, 0.6) is 0 Å². The molecule has 0 atom stereocenters. The van der Waals surface area contributed by atoms with E-state index in [-0.39, 0.29) is 0 Å². The molecule has 0 spiro atoms. The molecule has 16 heavy (non-hydrogen) atoms. The highest BCUT2D eigenvalue weighted by Crippen LogP contribution is 2.00. The van der Waals surface area contributed by atoms with Gasteiger partial charge in [0.2, 0.25) is 0 Å². The van der Waals surface area contributed by atoms with Gasteiger partial charge in [0, 0.05) is 6.42 Å². The second kappa shape index (κ2) is 13.9. The number of carbonyl (C=O) groups excluding carboxylic acids is 1. The van der Waals surface area contributed by atoms with E-state index in [1.165, 1.54) is 25.7 Å². The average Bonchev–Trinajstić information content (AvgIpc) is 2.31. The Bertz CT molecular complexity index is 224. The summed E-state index contributed by atoms with van der Waals surface area (Å²) in [7, 11) is 0. The highest BCUT2D eigenvalue weighted by molar-refractivity contribution is 5.51. The zero-order chi connectivity index (χ0) is 11.9. The number of rotatable bonds is 10. The maximum Gasteiger partial charge on any atom is 0.123 e. The van der Waals surface area contributed by atoms with Gasteiger partial charge in [0.15, 0.2) is 0 Å². The van der Waals surface area contributed by atoms with Crippen LogP contribution in [0.4, 0.5) is 0 Å². The van der Waals surface area contributed by atoms with Crippen LogP contribution in [0.3, 0.4) is 0 Å². The molecule has 0 aromatic rings. The first-order chi connectivity index (χ1) is 7.91. The fourth-order valence-corrected chi connectivity index (χ4v) is 1.32. The minimum absolute atomic E-state index is 0.533. The van der Waals surface area contributed by atoms with E-state index in [1.807, 2.05) is 12.2 Å². The summed E-state index contributed by atoms with van der Waals surface area (Å²) >= 11 is 0. The lowest BCUT2D eigenvalue weighted by Crippen LogP contribution is -1.70. The van der Waals surface area contributed by atoms with Crippen LogP contribution in [0.15, 0.2) is 36.5 Å². The van der Waals surface area contributed by atoms with Crippen molar-refractivity contribution in [1.82, 2.24) is 0 Å². The maximum absolute atomic E-state index is 10.0. The molecule has 0 aliphatic rings. The van der Waals surface area contributed by atoms with Crippen LogP contribution in [-0.4, -0.2) is 6.29 Å². The third-order valence-electron chi connectivity index (χ3n) is 2.25. The monoisotopic (exact) mass is 220 g/mol. The first-order valence-electron chi connectivity index (χ1n) is 6.30. The first kappa shape index (κ1) is 14.9. The van der Waals surface area contributed by atoms with E-state index in [1.54, 1.807) is 0 Å². The molecule has 0 aromatic carbocycles. The molecule has 0 amide bonds. The average molecular weight is 220 g/mol. The zero-order valence-electron chi connectivity index (χ0n) is 10.4. The minimum Gasteiger partial charge on any atom is -0.303 e. The van der Waals surface area contributed by atoms with Crippen molar-refractivity contribution in [2.45, 2.75) is 51.9 Å². The lowest BCUT2D eigenvalue weighted by molar-refractivity contribution is -0.107. The van der Waals surface area contributed by atoms with Gasteiger partial charge in [0.1, 0.15) is 6.29 Å². The molecular weight excluding hydrogens is 196 g/mol. The highest BCUT2D eigenvalue weighted by atomic mass is 16.1. The Morgan fingerprint density at radius 3 is 1.88 bits per heavy atom. The molecule has 0 aliphatic carbocycles. The van der Waals surface area contributed by atoms with E-state index in [9.17, 15) is 4.79 Å². The summed E-state index contributed by atoms with van der Waals surface area (Å²) in [5, 5.41) is 0. The molecule has 0 radical (unpaired) electrons. The molecule has 0 saturated carbocycles. The lowest BCUT2D eigenvalue weighted by Gasteiger charge is -1.90. The van der Waals surface area contributed by atoms with Gasteiger partial charge in [-0.25, -0.2) is 0 Å². The molecule has 1 nitrogen and oxygen atoms in total. The van der Waals surface area contributed by atoms with Gasteiger partial charge in [-0.2, -0.15) is 0 Å². The van der Waals surface area contributed by atoms with Gasteiger partial charge in [0.05, 0.1) is 0 Å². The normalized spacial score (nSPS) is 12.1. The van der Waals surface area contributed by atoms with Gasteiger partial charge in [-0.3, -0.25) is 0 Å². The first-order valence-corrected chi connectivity index (χ1v) is 6.30. The van der Waals surface area contributed by atoms with Crippen LogP contribution in [0.2, 0.25) is 0 Å². The van der Waals surface area contributed by atoms with Crippen LogP contribution in [0.1, 0.15) is 51.9 Å². The fourth-order valence-electron chi connectivity index (χ4n) is 1.32. The summed E-state index contributed by atoms with van der Waals surface area (Å²) in [5.41, 5.74) is 0. The van der Waals surface area contributed by atoms with Crippen molar-refractivity contribution in [2.24, 2.45) is 0 Å². The predicted octanol–water partition coefficient (Wildman–Crippen LogP) is 4.60. The third kappa shape index (κ3) is 12.9. The van der Waals surface area contributed by atoms with Gasteiger partial charge in [-0.15, -0.1) is 0 Å². The predicted molar refractivity (Wildman–Crippen MR) is 71.5 cm³/mol. The quantitative estimate of drug-likeness (QED) is 0.298. The van der Waals surface area contributed by atoms with Crippen molar-refractivity contribution in [3.63, 3.8) is 0 Å². The van der Waals surface area contributed by atoms with Crippen molar-refractivity contribution in [3.8, 4) is 0 Å². The molecule has 0 aromatic heterocycles. The Morgan fingerprint density at radius 1 is 0.750 bits per heavy atom. The number of aldehydes is 1. The molecule has 0 fully saturated rings. The van der Waals surface area contributed by atoms with Gasteiger partial charge >= 0.3 is 0 Å². The second-order valence-electron chi connectivity index (χ2n) is 3.78. The SMILES string of the molecule is CCCCC/C=C\C/C=C\C/C=C\CC=O. The summed E-state index contributed by atoms with van der Waals surface area (Å²) in [4.78, 5) is 10.0. The molecule has 0 saturated heterocycles. The highest BCUT2D eigenvalue weighted by Gasteiger charge is 1.80. The summed E-state index contributed by atoms with van der Waals surface area (Å²) in [6, 6.07) is 0. The van der Waals surface area contributed by atoms with Crippen molar-refractivity contribution < 1.29 is 4.79 Å². The molecular formula is C15H24O. The lowest BCUT2D eigenvalue weighted by atomic mass is 10.2. The minimum atomic E-state index is 0.533. The summed E-state index contributed by atoms with van der Waals surface area (Å²) in [6.45, 7) is 2.23. The number of carbonyl (C=O) groups is 1. The van der Waals surface area contributed by atoms with Crippen LogP contribution in [0.25, 0.3) is 0 Å². The number of unbranched alkanes of at least 4 members (excludes halogenated alkanes) is 3.